The number of carbonyl (C=O) groups excluding carboxylic acids is 2. The predicted molar refractivity (Wildman–Crippen MR) is 106 cm³/mol. The molecule has 2 fully saturated rings. The van der Waals surface area contributed by atoms with Gasteiger partial charge in [0.15, 0.2) is 5.69 Å². The van der Waals surface area contributed by atoms with E-state index in [1.165, 1.54) is 19.3 Å². The zero-order chi connectivity index (χ0) is 19.5. The van der Waals surface area contributed by atoms with Crippen molar-refractivity contribution in [2.75, 3.05) is 23.3 Å². The average Bonchev–Trinajstić information content (AvgIpc) is 3.36. The van der Waals surface area contributed by atoms with Crippen LogP contribution in [0.15, 0.2) is 30.6 Å². The minimum Gasteiger partial charge on any atom is -0.320 e. The molecule has 4 rings (SSSR count). The van der Waals surface area contributed by atoms with Gasteiger partial charge in [-0.05, 0) is 38.0 Å². The van der Waals surface area contributed by atoms with Crippen molar-refractivity contribution in [1.82, 2.24) is 19.7 Å². The molecular weight excluding hydrogens is 356 g/mol. The van der Waals surface area contributed by atoms with Crippen LogP contribution in [-0.4, -0.2) is 50.7 Å². The van der Waals surface area contributed by atoms with Crippen LogP contribution in [0.5, 0.6) is 0 Å². The van der Waals surface area contributed by atoms with Gasteiger partial charge in [0, 0.05) is 31.9 Å². The number of rotatable bonds is 5. The van der Waals surface area contributed by atoms with Crippen molar-refractivity contribution in [3.05, 3.63) is 36.3 Å². The van der Waals surface area contributed by atoms with Gasteiger partial charge in [-0.2, -0.15) is 5.10 Å². The van der Waals surface area contributed by atoms with Gasteiger partial charge in [-0.3, -0.25) is 14.4 Å². The molecule has 1 aliphatic carbocycles. The van der Waals surface area contributed by atoms with Gasteiger partial charge in [-0.1, -0.05) is 19.3 Å². The number of pyridine rings is 1. The minimum atomic E-state index is -0.275. The highest BCUT2D eigenvalue weighted by molar-refractivity contribution is 6.02. The maximum absolute atomic E-state index is 12.8. The summed E-state index contributed by atoms with van der Waals surface area (Å²) in [6.07, 6.45) is 9.25. The van der Waals surface area contributed by atoms with Crippen LogP contribution < -0.4 is 10.2 Å². The normalized spacial score (nSPS) is 18.0. The van der Waals surface area contributed by atoms with Gasteiger partial charge in [-0.25, -0.2) is 9.78 Å². The molecule has 2 aromatic heterocycles. The highest BCUT2D eigenvalue weighted by Gasteiger charge is 2.35. The molecule has 1 aliphatic heterocycles. The number of hydrogen-bond donors (Lipinski definition) is 1. The molecule has 0 atom stereocenters. The molecule has 1 saturated carbocycles. The quantitative estimate of drug-likeness (QED) is 0.861. The third-order valence-corrected chi connectivity index (χ3v) is 5.54. The number of hydrogen-bond acceptors (Lipinski definition) is 4. The minimum absolute atomic E-state index is 0.0429. The van der Waals surface area contributed by atoms with E-state index in [0.717, 1.165) is 19.4 Å². The van der Waals surface area contributed by atoms with Crippen LogP contribution in [0.25, 0.3) is 0 Å². The Morgan fingerprint density at radius 3 is 2.68 bits per heavy atom. The lowest BCUT2D eigenvalue weighted by molar-refractivity contribution is 0.102. The summed E-state index contributed by atoms with van der Waals surface area (Å²) in [5, 5.41) is 6.99. The Labute approximate surface area is 164 Å². The molecule has 2 aromatic rings. The summed E-state index contributed by atoms with van der Waals surface area (Å²) in [6.45, 7) is 4.09. The Kier molecular flexibility index (Phi) is 5.27. The standard InChI is InChI=1S/C20H26N6O2/c1-2-24-11-10-17(23-24)19(27)22-15-8-9-18(21-14-15)26-13-12-25(20(26)28)16-6-4-3-5-7-16/h8-11,14,16H,2-7,12-13H2,1H3,(H,22,27). The summed E-state index contributed by atoms with van der Waals surface area (Å²) < 4.78 is 1.70. The van der Waals surface area contributed by atoms with E-state index in [2.05, 4.69) is 15.4 Å². The van der Waals surface area contributed by atoms with Gasteiger partial charge >= 0.3 is 6.03 Å². The van der Waals surface area contributed by atoms with E-state index in [9.17, 15) is 9.59 Å². The maximum Gasteiger partial charge on any atom is 0.326 e. The number of aryl methyl sites for hydroxylation is 1. The summed E-state index contributed by atoms with van der Waals surface area (Å²) in [5.41, 5.74) is 0.944. The van der Waals surface area contributed by atoms with E-state index in [0.29, 0.717) is 36.3 Å². The Morgan fingerprint density at radius 1 is 1.18 bits per heavy atom. The van der Waals surface area contributed by atoms with Crippen LogP contribution in [0.2, 0.25) is 0 Å². The lowest BCUT2D eigenvalue weighted by Gasteiger charge is -2.30. The molecule has 2 aliphatic rings. The first kappa shape index (κ1) is 18.5. The van der Waals surface area contributed by atoms with Gasteiger partial charge in [0.1, 0.15) is 5.82 Å². The van der Waals surface area contributed by atoms with Crippen molar-refractivity contribution in [3.8, 4) is 0 Å². The lowest BCUT2D eigenvalue weighted by Crippen LogP contribution is -2.40. The van der Waals surface area contributed by atoms with Gasteiger partial charge in [-0.15, -0.1) is 0 Å². The summed E-state index contributed by atoms with van der Waals surface area (Å²) >= 11 is 0. The molecule has 0 unspecified atom stereocenters. The topological polar surface area (TPSA) is 83.4 Å². The lowest BCUT2D eigenvalue weighted by atomic mass is 9.94. The first-order valence-electron chi connectivity index (χ1n) is 10.0. The Balaban J connectivity index is 1.39. The molecule has 0 bridgehead atoms. The fraction of sp³-hybridized carbons (Fsp3) is 0.500. The fourth-order valence-electron chi connectivity index (χ4n) is 3.97. The average molecular weight is 382 g/mol. The molecule has 0 aromatic carbocycles. The summed E-state index contributed by atoms with van der Waals surface area (Å²) in [7, 11) is 0. The smallest absolute Gasteiger partial charge is 0.320 e. The van der Waals surface area contributed by atoms with Gasteiger partial charge < -0.3 is 10.2 Å². The molecule has 1 N–H and O–H groups in total. The van der Waals surface area contributed by atoms with Crippen molar-refractivity contribution < 1.29 is 9.59 Å². The predicted octanol–water partition coefficient (Wildman–Crippen LogP) is 3.13. The Hall–Kier alpha value is -2.90. The van der Waals surface area contributed by atoms with E-state index in [1.807, 2.05) is 11.8 Å². The third-order valence-electron chi connectivity index (χ3n) is 5.54. The monoisotopic (exact) mass is 382 g/mol. The van der Waals surface area contributed by atoms with Crippen molar-refractivity contribution >= 4 is 23.4 Å². The highest BCUT2D eigenvalue weighted by Crippen LogP contribution is 2.27. The molecule has 148 valence electrons. The molecule has 8 heteroatoms. The first-order valence-corrected chi connectivity index (χ1v) is 10.0. The summed E-state index contributed by atoms with van der Waals surface area (Å²) in [5.74, 6) is 0.346. The molecule has 0 spiro atoms. The van der Waals surface area contributed by atoms with E-state index >= 15 is 0 Å². The SMILES string of the molecule is CCn1ccc(C(=O)Nc2ccc(N3CCN(C4CCCCC4)C3=O)nc2)n1. The van der Waals surface area contributed by atoms with Gasteiger partial charge in [0.05, 0.1) is 11.9 Å². The maximum atomic E-state index is 12.8. The molecular formula is C20H26N6O2. The van der Waals surface area contributed by atoms with Crippen molar-refractivity contribution in [1.29, 1.82) is 0 Å². The Bertz CT molecular complexity index is 841. The zero-order valence-electron chi connectivity index (χ0n) is 16.2. The van der Waals surface area contributed by atoms with E-state index < -0.39 is 0 Å². The number of urea groups is 1. The van der Waals surface area contributed by atoms with Crippen LogP contribution >= 0.6 is 0 Å². The molecule has 3 heterocycles. The third kappa shape index (κ3) is 3.72. The van der Waals surface area contributed by atoms with Crippen LogP contribution in [0.3, 0.4) is 0 Å². The second kappa shape index (κ2) is 8.00. The summed E-state index contributed by atoms with van der Waals surface area (Å²) in [6, 6.07) is 5.65. The molecule has 0 radical (unpaired) electrons. The highest BCUT2D eigenvalue weighted by atomic mass is 16.2. The number of nitrogens with zero attached hydrogens (tertiary/aromatic N) is 5. The van der Waals surface area contributed by atoms with Crippen molar-refractivity contribution in [2.24, 2.45) is 0 Å². The number of anilines is 2. The molecule has 3 amide bonds. The Morgan fingerprint density at radius 2 is 2.00 bits per heavy atom. The van der Waals surface area contributed by atoms with E-state index in [1.54, 1.807) is 40.2 Å². The second-order valence-electron chi connectivity index (χ2n) is 7.34. The zero-order valence-corrected chi connectivity index (χ0v) is 16.2. The van der Waals surface area contributed by atoms with Crippen molar-refractivity contribution in [3.63, 3.8) is 0 Å². The molecule has 1 saturated heterocycles. The molecule has 28 heavy (non-hydrogen) atoms. The number of carbonyl (C=O) groups is 2. The number of aromatic nitrogens is 3. The van der Waals surface area contributed by atoms with Gasteiger partial charge in [0.25, 0.3) is 5.91 Å². The fourth-order valence-corrected chi connectivity index (χ4v) is 3.97. The summed E-state index contributed by atoms with van der Waals surface area (Å²) in [4.78, 5) is 33.2. The number of nitrogens with one attached hydrogen (secondary N) is 1. The van der Waals surface area contributed by atoms with E-state index in [-0.39, 0.29) is 11.9 Å². The van der Waals surface area contributed by atoms with Crippen molar-refractivity contribution in [2.45, 2.75) is 51.6 Å². The van der Waals surface area contributed by atoms with Crippen LogP contribution in [-0.2, 0) is 6.54 Å². The van der Waals surface area contributed by atoms with Crippen LogP contribution in [0, 0.1) is 0 Å². The molecule has 8 nitrogen and oxygen atoms in total. The van der Waals surface area contributed by atoms with E-state index in [4.69, 9.17) is 0 Å². The number of amides is 3. The van der Waals surface area contributed by atoms with Gasteiger partial charge in [0.2, 0.25) is 0 Å². The van der Waals surface area contributed by atoms with Crippen LogP contribution in [0.4, 0.5) is 16.3 Å². The van der Waals surface area contributed by atoms with Crippen LogP contribution in [0.1, 0.15) is 49.5 Å². The first-order chi connectivity index (χ1) is 13.7. The second-order valence-corrected chi connectivity index (χ2v) is 7.34. The largest absolute Gasteiger partial charge is 0.326 e.